The summed E-state index contributed by atoms with van der Waals surface area (Å²) in [6, 6.07) is 12.9. The smallest absolute Gasteiger partial charge is 0.0408 e. The molecule has 0 aliphatic carbocycles. The number of nitrogens with one attached hydrogen (secondary N) is 1. The number of halogens is 1. The fourth-order valence-corrected chi connectivity index (χ4v) is 3.00. The van der Waals surface area contributed by atoms with E-state index in [-0.39, 0.29) is 0 Å². The quantitative estimate of drug-likeness (QED) is 0.854. The molecule has 0 bridgehead atoms. The summed E-state index contributed by atoms with van der Waals surface area (Å²) in [5.74, 6) is 0. The fourth-order valence-electron chi connectivity index (χ4n) is 1.94. The molecule has 0 saturated carbocycles. The Morgan fingerprint density at radius 3 is 2.78 bits per heavy atom. The Labute approximate surface area is 118 Å². The summed E-state index contributed by atoms with van der Waals surface area (Å²) in [5.41, 5.74) is 1.28. The van der Waals surface area contributed by atoms with Crippen molar-refractivity contribution in [2.75, 3.05) is 0 Å². The van der Waals surface area contributed by atoms with E-state index >= 15 is 0 Å². The zero-order valence-corrected chi connectivity index (χ0v) is 12.3. The standard InChI is InChI=1S/C15H18ClNS/c1-11(8-13-4-3-5-14(16)9-13)17-10-15-7-6-12(2)18-15/h3-7,9,11,17H,8,10H2,1-2H3. The molecule has 18 heavy (non-hydrogen) atoms. The van der Waals surface area contributed by atoms with Gasteiger partial charge in [-0.2, -0.15) is 0 Å². The molecule has 0 radical (unpaired) electrons. The van der Waals surface area contributed by atoms with Crippen molar-refractivity contribution in [3.05, 3.63) is 56.7 Å². The molecule has 1 nitrogen and oxygen atoms in total. The zero-order chi connectivity index (χ0) is 13.0. The molecule has 1 unspecified atom stereocenters. The van der Waals surface area contributed by atoms with Crippen molar-refractivity contribution >= 4 is 22.9 Å². The minimum atomic E-state index is 0.450. The van der Waals surface area contributed by atoms with Crippen LogP contribution >= 0.6 is 22.9 Å². The number of hydrogen-bond donors (Lipinski definition) is 1. The molecule has 2 rings (SSSR count). The largest absolute Gasteiger partial charge is 0.309 e. The molecule has 0 saturated heterocycles. The predicted octanol–water partition coefficient (Wildman–Crippen LogP) is 4.43. The van der Waals surface area contributed by atoms with Gasteiger partial charge in [0.15, 0.2) is 0 Å². The van der Waals surface area contributed by atoms with Gasteiger partial charge in [0, 0.05) is 27.4 Å². The van der Waals surface area contributed by atoms with Gasteiger partial charge in [0.05, 0.1) is 0 Å². The average molecular weight is 280 g/mol. The summed E-state index contributed by atoms with van der Waals surface area (Å²) in [6.07, 6.45) is 1.00. The van der Waals surface area contributed by atoms with Gasteiger partial charge in [-0.1, -0.05) is 23.7 Å². The second-order valence-electron chi connectivity index (χ2n) is 4.63. The topological polar surface area (TPSA) is 12.0 Å². The molecule has 0 amide bonds. The maximum absolute atomic E-state index is 5.99. The third kappa shape index (κ3) is 4.13. The molecule has 1 heterocycles. The van der Waals surface area contributed by atoms with Gasteiger partial charge < -0.3 is 5.32 Å². The Morgan fingerprint density at radius 2 is 2.11 bits per heavy atom. The lowest BCUT2D eigenvalue weighted by molar-refractivity contribution is 0.549. The Morgan fingerprint density at radius 1 is 1.28 bits per heavy atom. The molecule has 3 heteroatoms. The summed E-state index contributed by atoms with van der Waals surface area (Å²) >= 11 is 7.84. The Kier molecular flexibility index (Phi) is 4.81. The highest BCUT2D eigenvalue weighted by molar-refractivity contribution is 7.11. The van der Waals surface area contributed by atoms with Crippen molar-refractivity contribution in [2.45, 2.75) is 32.9 Å². The Hall–Kier alpha value is -0.830. The summed E-state index contributed by atoms with van der Waals surface area (Å²) in [5, 5.41) is 4.36. The van der Waals surface area contributed by atoms with E-state index in [0.29, 0.717) is 6.04 Å². The molecule has 96 valence electrons. The summed E-state index contributed by atoms with van der Waals surface area (Å²) < 4.78 is 0. The summed E-state index contributed by atoms with van der Waals surface area (Å²) in [4.78, 5) is 2.76. The van der Waals surface area contributed by atoms with Gasteiger partial charge in [0.1, 0.15) is 0 Å². The molecular weight excluding hydrogens is 262 g/mol. The highest BCUT2D eigenvalue weighted by atomic mass is 35.5. The number of thiophene rings is 1. The van der Waals surface area contributed by atoms with Crippen LogP contribution in [0.1, 0.15) is 22.2 Å². The van der Waals surface area contributed by atoms with Crippen LogP contribution in [0.4, 0.5) is 0 Å². The molecule has 1 aromatic carbocycles. The molecule has 0 aliphatic heterocycles. The van der Waals surface area contributed by atoms with E-state index in [1.165, 1.54) is 15.3 Å². The van der Waals surface area contributed by atoms with Crippen LogP contribution in [0.25, 0.3) is 0 Å². The lowest BCUT2D eigenvalue weighted by Crippen LogP contribution is -2.27. The molecule has 0 spiro atoms. The van der Waals surface area contributed by atoms with Crippen LogP contribution in [0.15, 0.2) is 36.4 Å². The molecule has 1 aromatic heterocycles. The first kappa shape index (κ1) is 13.6. The minimum absolute atomic E-state index is 0.450. The molecule has 1 N–H and O–H groups in total. The van der Waals surface area contributed by atoms with Crippen molar-refractivity contribution in [3.63, 3.8) is 0 Å². The SMILES string of the molecule is Cc1ccc(CNC(C)Cc2cccc(Cl)c2)s1. The van der Waals surface area contributed by atoms with Crippen molar-refractivity contribution in [2.24, 2.45) is 0 Å². The van der Waals surface area contributed by atoms with Gasteiger partial charge in [-0.15, -0.1) is 11.3 Å². The minimum Gasteiger partial charge on any atom is -0.309 e. The van der Waals surface area contributed by atoms with Crippen molar-refractivity contribution in [1.82, 2.24) is 5.32 Å². The number of rotatable bonds is 5. The summed E-state index contributed by atoms with van der Waals surface area (Å²) in [6.45, 7) is 5.30. The van der Waals surface area contributed by atoms with Crippen LogP contribution in [0, 0.1) is 6.92 Å². The first-order valence-electron chi connectivity index (χ1n) is 6.16. The molecular formula is C15H18ClNS. The van der Waals surface area contributed by atoms with Crippen LogP contribution in [0.3, 0.4) is 0 Å². The van der Waals surface area contributed by atoms with E-state index in [1.54, 1.807) is 0 Å². The fraction of sp³-hybridized carbons (Fsp3) is 0.333. The van der Waals surface area contributed by atoms with Gasteiger partial charge in [0.25, 0.3) is 0 Å². The van der Waals surface area contributed by atoms with E-state index < -0.39 is 0 Å². The van der Waals surface area contributed by atoms with Crippen LogP contribution in [-0.2, 0) is 13.0 Å². The van der Waals surface area contributed by atoms with Crippen LogP contribution in [0.5, 0.6) is 0 Å². The molecule has 2 aromatic rings. The highest BCUT2D eigenvalue weighted by Gasteiger charge is 2.04. The van der Waals surface area contributed by atoms with Gasteiger partial charge in [-0.05, 0) is 50.1 Å². The first-order chi connectivity index (χ1) is 8.63. The van der Waals surface area contributed by atoms with Gasteiger partial charge >= 0.3 is 0 Å². The second kappa shape index (κ2) is 6.37. The van der Waals surface area contributed by atoms with Crippen molar-refractivity contribution < 1.29 is 0 Å². The molecule has 1 atom stereocenters. The number of aryl methyl sites for hydroxylation is 1. The highest BCUT2D eigenvalue weighted by Crippen LogP contribution is 2.15. The van der Waals surface area contributed by atoms with Crippen LogP contribution < -0.4 is 5.32 Å². The Balaban J connectivity index is 1.83. The molecule has 0 aliphatic rings. The van der Waals surface area contributed by atoms with E-state index in [0.717, 1.165) is 18.0 Å². The zero-order valence-electron chi connectivity index (χ0n) is 10.7. The average Bonchev–Trinajstić information content (AvgIpc) is 2.73. The van der Waals surface area contributed by atoms with Crippen molar-refractivity contribution in [1.29, 1.82) is 0 Å². The number of hydrogen-bond acceptors (Lipinski definition) is 2. The van der Waals surface area contributed by atoms with E-state index in [1.807, 2.05) is 29.5 Å². The summed E-state index contributed by atoms with van der Waals surface area (Å²) in [7, 11) is 0. The van der Waals surface area contributed by atoms with Crippen LogP contribution in [0.2, 0.25) is 5.02 Å². The van der Waals surface area contributed by atoms with Crippen LogP contribution in [-0.4, -0.2) is 6.04 Å². The first-order valence-corrected chi connectivity index (χ1v) is 7.36. The van der Waals surface area contributed by atoms with E-state index in [4.69, 9.17) is 11.6 Å². The normalized spacial score (nSPS) is 12.6. The monoisotopic (exact) mass is 279 g/mol. The predicted molar refractivity (Wildman–Crippen MR) is 80.5 cm³/mol. The van der Waals surface area contributed by atoms with E-state index in [9.17, 15) is 0 Å². The maximum Gasteiger partial charge on any atom is 0.0408 e. The van der Waals surface area contributed by atoms with Gasteiger partial charge in [-0.3, -0.25) is 0 Å². The lowest BCUT2D eigenvalue weighted by Gasteiger charge is -2.13. The van der Waals surface area contributed by atoms with Crippen molar-refractivity contribution in [3.8, 4) is 0 Å². The number of benzene rings is 1. The lowest BCUT2D eigenvalue weighted by atomic mass is 10.1. The molecule has 0 fully saturated rings. The maximum atomic E-state index is 5.99. The van der Waals surface area contributed by atoms with Gasteiger partial charge in [0.2, 0.25) is 0 Å². The third-order valence-corrected chi connectivity index (χ3v) is 4.09. The second-order valence-corrected chi connectivity index (χ2v) is 6.44. The third-order valence-electron chi connectivity index (χ3n) is 2.85. The van der Waals surface area contributed by atoms with Gasteiger partial charge in [-0.25, -0.2) is 0 Å². The van der Waals surface area contributed by atoms with E-state index in [2.05, 4.69) is 37.4 Å². The Bertz CT molecular complexity index is 507.